The molecular weight excluding hydrogens is 338 g/mol. The van der Waals surface area contributed by atoms with Gasteiger partial charge >= 0.3 is 0 Å². The van der Waals surface area contributed by atoms with Crippen LogP contribution >= 0.6 is 0 Å². The SMILES string of the molecule is Cc1nn(CC(=O)N[C@@H](CCn2ccnc2C)c2ccccc2)c(C)c1C. The Hall–Kier alpha value is -2.89. The maximum absolute atomic E-state index is 12.7. The van der Waals surface area contributed by atoms with Crippen molar-refractivity contribution in [2.75, 3.05) is 0 Å². The number of carbonyl (C=O) groups is 1. The predicted molar refractivity (Wildman–Crippen MR) is 105 cm³/mol. The fourth-order valence-corrected chi connectivity index (χ4v) is 3.23. The van der Waals surface area contributed by atoms with Gasteiger partial charge in [-0.05, 0) is 45.2 Å². The van der Waals surface area contributed by atoms with E-state index in [0.717, 1.165) is 41.3 Å². The van der Waals surface area contributed by atoms with Crippen LogP contribution in [0.4, 0.5) is 0 Å². The molecule has 0 bridgehead atoms. The van der Waals surface area contributed by atoms with E-state index in [1.54, 1.807) is 10.9 Å². The van der Waals surface area contributed by atoms with Crippen molar-refractivity contribution in [1.29, 1.82) is 0 Å². The number of rotatable bonds is 7. The van der Waals surface area contributed by atoms with Gasteiger partial charge in [-0.25, -0.2) is 4.98 Å². The molecule has 1 N–H and O–H groups in total. The summed E-state index contributed by atoms with van der Waals surface area (Å²) in [6, 6.07) is 10.0. The van der Waals surface area contributed by atoms with E-state index in [0.29, 0.717) is 0 Å². The largest absolute Gasteiger partial charge is 0.348 e. The molecule has 3 rings (SSSR count). The van der Waals surface area contributed by atoms with E-state index in [-0.39, 0.29) is 18.5 Å². The van der Waals surface area contributed by atoms with E-state index < -0.39 is 0 Å². The smallest absolute Gasteiger partial charge is 0.242 e. The van der Waals surface area contributed by atoms with Crippen LogP contribution in [0.5, 0.6) is 0 Å². The Morgan fingerprint density at radius 1 is 1.15 bits per heavy atom. The molecule has 2 aromatic heterocycles. The molecule has 0 aliphatic carbocycles. The highest BCUT2D eigenvalue weighted by atomic mass is 16.2. The second kappa shape index (κ2) is 8.20. The first-order chi connectivity index (χ1) is 13.0. The van der Waals surface area contributed by atoms with Gasteiger partial charge in [-0.1, -0.05) is 30.3 Å². The number of aryl methyl sites for hydroxylation is 3. The molecular formula is C21H27N5O. The van der Waals surface area contributed by atoms with Crippen LogP contribution < -0.4 is 5.32 Å². The molecule has 0 unspecified atom stereocenters. The number of hydrogen-bond donors (Lipinski definition) is 1. The lowest BCUT2D eigenvalue weighted by atomic mass is 10.0. The highest BCUT2D eigenvalue weighted by Crippen LogP contribution is 2.18. The first kappa shape index (κ1) is 18.9. The fraction of sp³-hybridized carbons (Fsp3) is 0.381. The van der Waals surface area contributed by atoms with E-state index in [1.807, 2.05) is 52.1 Å². The molecule has 6 nitrogen and oxygen atoms in total. The molecule has 0 saturated heterocycles. The quantitative estimate of drug-likeness (QED) is 0.699. The van der Waals surface area contributed by atoms with Crippen LogP contribution in [0.2, 0.25) is 0 Å². The molecule has 1 aromatic carbocycles. The number of nitrogens with one attached hydrogen (secondary N) is 1. The van der Waals surface area contributed by atoms with Crippen LogP contribution in [0.25, 0.3) is 0 Å². The number of benzene rings is 1. The van der Waals surface area contributed by atoms with Crippen molar-refractivity contribution in [3.8, 4) is 0 Å². The lowest BCUT2D eigenvalue weighted by molar-refractivity contribution is -0.122. The van der Waals surface area contributed by atoms with Gasteiger partial charge in [-0.3, -0.25) is 9.48 Å². The van der Waals surface area contributed by atoms with Crippen molar-refractivity contribution in [3.63, 3.8) is 0 Å². The summed E-state index contributed by atoms with van der Waals surface area (Å²) in [5, 5.41) is 7.66. The predicted octanol–water partition coefficient (Wildman–Crippen LogP) is 3.26. The third kappa shape index (κ3) is 4.45. The van der Waals surface area contributed by atoms with Crippen LogP contribution in [0, 0.1) is 27.7 Å². The number of amides is 1. The molecule has 0 aliphatic heterocycles. The normalized spacial score (nSPS) is 12.1. The van der Waals surface area contributed by atoms with Gasteiger partial charge in [0.15, 0.2) is 0 Å². The van der Waals surface area contributed by atoms with Crippen LogP contribution in [0.3, 0.4) is 0 Å². The van der Waals surface area contributed by atoms with Gasteiger partial charge in [0.1, 0.15) is 12.4 Å². The minimum atomic E-state index is -0.0569. The monoisotopic (exact) mass is 365 g/mol. The van der Waals surface area contributed by atoms with Crippen molar-refractivity contribution >= 4 is 5.91 Å². The van der Waals surface area contributed by atoms with Crippen LogP contribution in [0.1, 0.15) is 40.8 Å². The van der Waals surface area contributed by atoms with Gasteiger partial charge in [0.05, 0.1) is 11.7 Å². The van der Waals surface area contributed by atoms with Gasteiger partial charge < -0.3 is 9.88 Å². The summed E-state index contributed by atoms with van der Waals surface area (Å²) in [6.45, 7) is 9.02. The van der Waals surface area contributed by atoms with Gasteiger partial charge in [0, 0.05) is 24.6 Å². The molecule has 6 heteroatoms. The molecule has 142 valence electrons. The fourth-order valence-electron chi connectivity index (χ4n) is 3.23. The molecule has 27 heavy (non-hydrogen) atoms. The number of carbonyl (C=O) groups excluding carboxylic acids is 1. The van der Waals surface area contributed by atoms with Crippen LogP contribution in [-0.4, -0.2) is 25.2 Å². The average Bonchev–Trinajstić information content (AvgIpc) is 3.18. The molecule has 0 fully saturated rings. The summed E-state index contributed by atoms with van der Waals surface area (Å²) in [4.78, 5) is 17.0. The van der Waals surface area contributed by atoms with Crippen molar-refractivity contribution < 1.29 is 4.79 Å². The molecule has 0 radical (unpaired) electrons. The van der Waals surface area contributed by atoms with E-state index in [2.05, 4.69) is 32.1 Å². The Morgan fingerprint density at radius 2 is 1.89 bits per heavy atom. The summed E-state index contributed by atoms with van der Waals surface area (Å²) in [5.74, 6) is 0.947. The molecule has 1 atom stereocenters. The zero-order valence-electron chi connectivity index (χ0n) is 16.4. The molecule has 0 aliphatic rings. The lowest BCUT2D eigenvalue weighted by Crippen LogP contribution is -2.32. The Kier molecular flexibility index (Phi) is 5.74. The molecule has 1 amide bonds. The standard InChI is InChI=1S/C21H27N5O/c1-15-16(2)24-26(17(15)3)14-21(27)23-20(19-8-6-5-7-9-19)10-12-25-13-11-22-18(25)4/h5-9,11,13,20H,10,12,14H2,1-4H3,(H,23,27)/t20-/m0/s1. The van der Waals surface area contributed by atoms with Crippen molar-refractivity contribution in [2.24, 2.45) is 0 Å². The third-order valence-electron chi connectivity index (χ3n) is 5.16. The van der Waals surface area contributed by atoms with Crippen molar-refractivity contribution in [3.05, 3.63) is 71.1 Å². The van der Waals surface area contributed by atoms with Gasteiger partial charge in [0.25, 0.3) is 0 Å². The first-order valence-corrected chi connectivity index (χ1v) is 9.28. The zero-order chi connectivity index (χ0) is 19.4. The molecule has 0 saturated carbocycles. The van der Waals surface area contributed by atoms with Crippen LogP contribution in [-0.2, 0) is 17.9 Å². The minimum absolute atomic E-state index is 0.0307. The first-order valence-electron chi connectivity index (χ1n) is 9.28. The number of aromatic nitrogens is 4. The maximum Gasteiger partial charge on any atom is 0.242 e. The molecule has 2 heterocycles. The summed E-state index contributed by atoms with van der Waals surface area (Å²) in [5.41, 5.74) is 4.25. The topological polar surface area (TPSA) is 64.7 Å². The van der Waals surface area contributed by atoms with E-state index in [1.165, 1.54) is 0 Å². The Labute approximate surface area is 160 Å². The van der Waals surface area contributed by atoms with Crippen LogP contribution in [0.15, 0.2) is 42.7 Å². The third-order valence-corrected chi connectivity index (χ3v) is 5.16. The summed E-state index contributed by atoms with van der Waals surface area (Å²) >= 11 is 0. The molecule has 0 spiro atoms. The molecule has 3 aromatic rings. The van der Waals surface area contributed by atoms with E-state index in [4.69, 9.17) is 0 Å². The number of imidazole rings is 1. The minimum Gasteiger partial charge on any atom is -0.348 e. The highest BCUT2D eigenvalue weighted by Gasteiger charge is 2.17. The second-order valence-corrected chi connectivity index (χ2v) is 6.94. The number of hydrogen-bond acceptors (Lipinski definition) is 3. The second-order valence-electron chi connectivity index (χ2n) is 6.94. The summed E-state index contributed by atoms with van der Waals surface area (Å²) in [7, 11) is 0. The van der Waals surface area contributed by atoms with Gasteiger partial charge in [0.2, 0.25) is 5.91 Å². The Balaban J connectivity index is 1.71. The zero-order valence-corrected chi connectivity index (χ0v) is 16.4. The summed E-state index contributed by atoms with van der Waals surface area (Å²) in [6.07, 6.45) is 4.57. The highest BCUT2D eigenvalue weighted by molar-refractivity contribution is 5.76. The van der Waals surface area contributed by atoms with Gasteiger partial charge in [-0.15, -0.1) is 0 Å². The van der Waals surface area contributed by atoms with Gasteiger partial charge in [-0.2, -0.15) is 5.10 Å². The Morgan fingerprint density at radius 3 is 2.48 bits per heavy atom. The lowest BCUT2D eigenvalue weighted by Gasteiger charge is -2.20. The van der Waals surface area contributed by atoms with Crippen molar-refractivity contribution in [1.82, 2.24) is 24.6 Å². The van der Waals surface area contributed by atoms with E-state index in [9.17, 15) is 4.79 Å². The number of nitrogens with zero attached hydrogens (tertiary/aromatic N) is 4. The summed E-state index contributed by atoms with van der Waals surface area (Å²) < 4.78 is 3.88. The van der Waals surface area contributed by atoms with E-state index >= 15 is 0 Å². The maximum atomic E-state index is 12.7. The van der Waals surface area contributed by atoms with Crippen molar-refractivity contribution in [2.45, 2.75) is 53.2 Å². The Bertz CT molecular complexity index is 910. The average molecular weight is 365 g/mol.